The molecule has 0 aliphatic heterocycles. The zero-order chi connectivity index (χ0) is 27.1. The molecule has 1 aromatic heterocycles. The summed E-state index contributed by atoms with van der Waals surface area (Å²) in [6, 6.07) is 11.5. The van der Waals surface area contributed by atoms with Crippen molar-refractivity contribution in [2.45, 2.75) is 57.9 Å². The fourth-order valence-electron chi connectivity index (χ4n) is 3.70. The van der Waals surface area contributed by atoms with E-state index in [-0.39, 0.29) is 39.6 Å². The second-order valence-corrected chi connectivity index (χ2v) is 11.9. The third-order valence-electron chi connectivity index (χ3n) is 5.65. The largest absolute Gasteiger partial charge is 0.476 e. The van der Waals surface area contributed by atoms with Gasteiger partial charge in [0.25, 0.3) is 0 Å². The molecule has 0 spiro atoms. The maximum Gasteiger partial charge on any atom is 0.356 e. The number of hydrogen-bond donors (Lipinski definition) is 3. The van der Waals surface area contributed by atoms with Gasteiger partial charge in [0.15, 0.2) is 5.69 Å². The van der Waals surface area contributed by atoms with Crippen LogP contribution in [0, 0.1) is 19.8 Å². The van der Waals surface area contributed by atoms with Crippen molar-refractivity contribution in [3.05, 3.63) is 59.3 Å². The van der Waals surface area contributed by atoms with E-state index in [0.29, 0.717) is 11.4 Å². The fraction of sp³-hybridized carbons (Fsp3) is 0.346. The number of carbonyl (C=O) groups excluding carboxylic acids is 1. The van der Waals surface area contributed by atoms with Crippen molar-refractivity contribution in [1.29, 1.82) is 0 Å². The highest BCUT2D eigenvalue weighted by molar-refractivity contribution is 7.89. The fourth-order valence-corrected chi connectivity index (χ4v) is 5.27. The minimum atomic E-state index is -4.11. The van der Waals surface area contributed by atoms with Crippen LogP contribution in [0.25, 0.3) is 5.69 Å². The molecular weight excluding hydrogens is 496 g/mol. The lowest BCUT2D eigenvalue weighted by Gasteiger charge is -2.22. The van der Waals surface area contributed by atoms with Crippen LogP contribution in [-0.2, 0) is 14.8 Å². The summed E-state index contributed by atoms with van der Waals surface area (Å²) >= 11 is 0. The second kappa shape index (κ2) is 9.64. The summed E-state index contributed by atoms with van der Waals surface area (Å²) in [5.41, 5.74) is 1.07. The predicted molar refractivity (Wildman–Crippen MR) is 138 cm³/mol. The van der Waals surface area contributed by atoms with Gasteiger partial charge in [-0.25, -0.2) is 17.9 Å². The molecule has 0 saturated heterocycles. The van der Waals surface area contributed by atoms with E-state index in [9.17, 15) is 23.1 Å². The summed E-state index contributed by atoms with van der Waals surface area (Å²) in [6.45, 7) is 8.59. The van der Waals surface area contributed by atoms with Crippen molar-refractivity contribution in [2.24, 2.45) is 5.92 Å². The third-order valence-corrected chi connectivity index (χ3v) is 7.42. The molecular formula is C26H30N4O6S. The lowest BCUT2D eigenvalue weighted by atomic mass is 10.1. The summed E-state index contributed by atoms with van der Waals surface area (Å²) in [4.78, 5) is 23.9. The first-order valence-corrected chi connectivity index (χ1v) is 13.3. The van der Waals surface area contributed by atoms with Crippen LogP contribution in [0.3, 0.4) is 0 Å². The third kappa shape index (κ3) is 6.00. The summed E-state index contributed by atoms with van der Waals surface area (Å²) in [5.74, 6) is -1.46. The van der Waals surface area contributed by atoms with Gasteiger partial charge in [-0.05, 0) is 77.8 Å². The van der Waals surface area contributed by atoms with Crippen LogP contribution in [-0.4, -0.2) is 40.7 Å². The first-order valence-electron chi connectivity index (χ1n) is 11.8. The molecule has 1 fully saturated rings. The molecule has 1 heterocycles. The number of rotatable bonds is 8. The molecule has 1 aliphatic rings. The normalized spacial score (nSPS) is 13.9. The van der Waals surface area contributed by atoms with Gasteiger partial charge in [-0.2, -0.15) is 9.78 Å². The van der Waals surface area contributed by atoms with E-state index in [1.54, 1.807) is 45.9 Å². The summed E-state index contributed by atoms with van der Waals surface area (Å²) in [7, 11) is -4.11. The number of amides is 1. The monoisotopic (exact) mass is 526 g/mol. The van der Waals surface area contributed by atoms with Crippen LogP contribution in [0.1, 0.15) is 55.2 Å². The molecule has 3 aromatic rings. The number of aryl methyl sites for hydroxylation is 1. The smallest absolute Gasteiger partial charge is 0.356 e. The number of aromatic carboxylic acids is 1. The topological polar surface area (TPSA) is 140 Å². The molecule has 11 heteroatoms. The maximum absolute atomic E-state index is 13.4. The summed E-state index contributed by atoms with van der Waals surface area (Å²) in [6.07, 6.45) is 1.61. The van der Waals surface area contributed by atoms with Crippen LogP contribution in [0.2, 0.25) is 0 Å². The quantitative estimate of drug-likeness (QED) is 0.395. The Morgan fingerprint density at radius 2 is 1.73 bits per heavy atom. The molecule has 1 saturated carbocycles. The molecule has 10 nitrogen and oxygen atoms in total. The van der Waals surface area contributed by atoms with Crippen LogP contribution in [0.15, 0.2) is 47.4 Å². The minimum Gasteiger partial charge on any atom is -0.476 e. The number of aromatic nitrogens is 2. The van der Waals surface area contributed by atoms with E-state index in [1.165, 1.54) is 16.8 Å². The lowest BCUT2D eigenvalue weighted by Crippen LogP contribution is -2.40. The van der Waals surface area contributed by atoms with Crippen molar-refractivity contribution >= 4 is 27.6 Å². The molecule has 4 rings (SSSR count). The number of sulfonamides is 1. The molecule has 1 amide bonds. The Hall–Kier alpha value is -3.70. The second-order valence-electron chi connectivity index (χ2n) is 10.2. The minimum absolute atomic E-state index is 0.0468. The van der Waals surface area contributed by atoms with Crippen molar-refractivity contribution < 1.29 is 27.9 Å². The van der Waals surface area contributed by atoms with Gasteiger partial charge in [0.05, 0.1) is 5.69 Å². The Balaban J connectivity index is 1.83. The molecule has 0 unspecified atom stereocenters. The molecule has 0 atom stereocenters. The molecule has 2 aromatic carbocycles. The van der Waals surface area contributed by atoms with E-state index in [4.69, 9.17) is 4.74 Å². The molecule has 3 N–H and O–H groups in total. The molecule has 37 heavy (non-hydrogen) atoms. The molecule has 0 bridgehead atoms. The van der Waals surface area contributed by atoms with Gasteiger partial charge in [-0.15, -0.1) is 0 Å². The van der Waals surface area contributed by atoms with Gasteiger partial charge < -0.3 is 15.2 Å². The molecule has 196 valence electrons. The first-order chi connectivity index (χ1) is 17.2. The van der Waals surface area contributed by atoms with E-state index in [0.717, 1.165) is 18.4 Å². The van der Waals surface area contributed by atoms with Crippen LogP contribution >= 0.6 is 0 Å². The summed E-state index contributed by atoms with van der Waals surface area (Å²) in [5, 5.41) is 16.6. The van der Waals surface area contributed by atoms with Crippen LogP contribution in [0.4, 0.5) is 5.69 Å². The Morgan fingerprint density at radius 3 is 2.30 bits per heavy atom. The van der Waals surface area contributed by atoms with Gasteiger partial charge in [0.1, 0.15) is 10.6 Å². The highest BCUT2D eigenvalue weighted by Crippen LogP contribution is 2.36. The average molecular weight is 527 g/mol. The van der Waals surface area contributed by atoms with Crippen molar-refractivity contribution in [2.75, 3.05) is 5.32 Å². The number of carboxylic acids is 1. The molecule has 0 radical (unpaired) electrons. The summed E-state index contributed by atoms with van der Waals surface area (Å²) < 4.78 is 36.9. The van der Waals surface area contributed by atoms with Gasteiger partial charge >= 0.3 is 5.97 Å². The van der Waals surface area contributed by atoms with E-state index < -0.39 is 21.5 Å². The molecule has 1 aliphatic carbocycles. The number of carboxylic acid groups (broad SMARTS) is 1. The number of nitrogens with zero attached hydrogens (tertiary/aromatic N) is 2. The van der Waals surface area contributed by atoms with E-state index in [2.05, 4.69) is 15.1 Å². The Kier molecular flexibility index (Phi) is 6.87. The number of nitrogens with one attached hydrogen (secondary N) is 2. The lowest BCUT2D eigenvalue weighted by molar-refractivity contribution is -0.117. The van der Waals surface area contributed by atoms with Crippen molar-refractivity contribution in [3.8, 4) is 17.3 Å². The van der Waals surface area contributed by atoms with Gasteiger partial charge in [-0.1, -0.05) is 17.7 Å². The Bertz CT molecular complexity index is 1470. The van der Waals surface area contributed by atoms with Gasteiger partial charge in [0.2, 0.25) is 21.8 Å². The zero-order valence-electron chi connectivity index (χ0n) is 21.3. The Labute approximate surface area is 215 Å². The van der Waals surface area contributed by atoms with E-state index >= 15 is 0 Å². The number of anilines is 1. The number of carbonyl (C=O) groups is 2. The Morgan fingerprint density at radius 1 is 1.08 bits per heavy atom. The standard InChI is InChI=1S/C26H30N4O6S/c1-15-6-11-19(12-7-15)30-24(16(2)22(28-30)25(32)33)36-20-13-10-18(27-23(31)17-8-9-17)14-21(20)37(34,35)29-26(3,4)5/h6-7,10-14,17,29H,8-9H2,1-5H3,(H,27,31)(H,32,33). The predicted octanol–water partition coefficient (Wildman–Crippen LogP) is 4.40. The van der Waals surface area contributed by atoms with Crippen molar-refractivity contribution in [1.82, 2.24) is 14.5 Å². The maximum atomic E-state index is 13.4. The average Bonchev–Trinajstić information content (AvgIpc) is 3.59. The number of benzene rings is 2. The zero-order valence-corrected chi connectivity index (χ0v) is 22.1. The number of hydrogen-bond acceptors (Lipinski definition) is 6. The van der Waals surface area contributed by atoms with Gasteiger partial charge in [-0.3, -0.25) is 4.79 Å². The van der Waals surface area contributed by atoms with Crippen LogP contribution in [0.5, 0.6) is 11.6 Å². The first kappa shape index (κ1) is 26.4. The number of ether oxygens (including phenoxy) is 1. The highest BCUT2D eigenvalue weighted by Gasteiger charge is 2.31. The highest BCUT2D eigenvalue weighted by atomic mass is 32.2. The van der Waals surface area contributed by atoms with Crippen LogP contribution < -0.4 is 14.8 Å². The van der Waals surface area contributed by atoms with E-state index in [1.807, 2.05) is 19.1 Å². The van der Waals surface area contributed by atoms with Gasteiger partial charge in [0, 0.05) is 22.7 Å². The van der Waals surface area contributed by atoms with Crippen molar-refractivity contribution in [3.63, 3.8) is 0 Å². The SMILES string of the molecule is Cc1ccc(-n2nc(C(=O)O)c(C)c2Oc2ccc(NC(=O)C3CC3)cc2S(=O)(=O)NC(C)(C)C)cc1.